The summed E-state index contributed by atoms with van der Waals surface area (Å²) in [5.41, 5.74) is 2.26. The van der Waals surface area contributed by atoms with Gasteiger partial charge in [-0.1, -0.05) is 44.2 Å². The molecule has 21 heavy (non-hydrogen) atoms. The Kier molecular flexibility index (Phi) is 4.68. The molecule has 1 aromatic heterocycles. The van der Waals surface area contributed by atoms with E-state index in [4.69, 9.17) is 4.74 Å². The standard InChI is InChI=1S/C15H17BrN2O2S/c1-15(2,3)9-6-5-7-10(8-9)17-14-18-12(16)11(21-14)13(19)20-4/h5-8H,1-4H3,(H,17,18). The van der Waals surface area contributed by atoms with Crippen molar-refractivity contribution in [1.82, 2.24) is 4.98 Å². The first-order chi connectivity index (χ1) is 9.81. The average Bonchev–Trinajstić information content (AvgIpc) is 2.78. The minimum atomic E-state index is -0.393. The number of hydrogen-bond acceptors (Lipinski definition) is 5. The van der Waals surface area contributed by atoms with Gasteiger partial charge >= 0.3 is 5.97 Å². The number of hydrogen-bond donors (Lipinski definition) is 1. The minimum Gasteiger partial charge on any atom is -0.465 e. The molecule has 6 heteroatoms. The zero-order chi connectivity index (χ0) is 15.6. The SMILES string of the molecule is COC(=O)c1sc(Nc2cccc(C(C)(C)C)c2)nc1Br. The van der Waals surface area contributed by atoms with Crippen molar-refractivity contribution in [2.45, 2.75) is 26.2 Å². The molecule has 0 atom stereocenters. The predicted octanol–water partition coefficient (Wildman–Crippen LogP) is 4.73. The van der Waals surface area contributed by atoms with Gasteiger partial charge in [-0.2, -0.15) is 0 Å². The van der Waals surface area contributed by atoms with Crippen LogP contribution in [0.15, 0.2) is 28.9 Å². The minimum absolute atomic E-state index is 0.0817. The van der Waals surface area contributed by atoms with Crippen molar-refractivity contribution in [3.63, 3.8) is 0 Å². The normalized spacial score (nSPS) is 11.3. The number of esters is 1. The van der Waals surface area contributed by atoms with Crippen LogP contribution in [-0.2, 0) is 10.2 Å². The van der Waals surface area contributed by atoms with E-state index in [1.54, 1.807) is 0 Å². The molecule has 2 rings (SSSR count). The Hall–Kier alpha value is -1.40. The molecule has 0 aliphatic carbocycles. The number of aromatic nitrogens is 1. The summed E-state index contributed by atoms with van der Waals surface area (Å²) in [6.07, 6.45) is 0. The second-order valence-electron chi connectivity index (χ2n) is 5.59. The summed E-state index contributed by atoms with van der Waals surface area (Å²) in [6.45, 7) is 6.50. The van der Waals surface area contributed by atoms with E-state index in [1.165, 1.54) is 24.0 Å². The van der Waals surface area contributed by atoms with Crippen LogP contribution in [0.5, 0.6) is 0 Å². The number of methoxy groups -OCH3 is 1. The highest BCUT2D eigenvalue weighted by Gasteiger charge is 2.18. The van der Waals surface area contributed by atoms with Crippen LogP contribution in [0.25, 0.3) is 0 Å². The molecule has 1 N–H and O–H groups in total. The molecule has 0 bridgehead atoms. The second-order valence-corrected chi connectivity index (χ2v) is 7.34. The summed E-state index contributed by atoms with van der Waals surface area (Å²) in [5, 5.41) is 3.87. The number of nitrogens with one attached hydrogen (secondary N) is 1. The van der Waals surface area contributed by atoms with Crippen molar-refractivity contribution in [3.05, 3.63) is 39.3 Å². The summed E-state index contributed by atoms with van der Waals surface area (Å²) in [4.78, 5) is 16.3. The number of benzene rings is 1. The lowest BCUT2D eigenvalue weighted by molar-refractivity contribution is 0.0605. The van der Waals surface area contributed by atoms with Crippen LogP contribution in [0.1, 0.15) is 36.0 Å². The average molecular weight is 369 g/mol. The fourth-order valence-electron chi connectivity index (χ4n) is 1.76. The van der Waals surface area contributed by atoms with E-state index in [0.717, 1.165) is 5.69 Å². The fraction of sp³-hybridized carbons (Fsp3) is 0.333. The lowest BCUT2D eigenvalue weighted by Gasteiger charge is -2.19. The van der Waals surface area contributed by atoms with E-state index >= 15 is 0 Å². The van der Waals surface area contributed by atoms with Crippen LogP contribution < -0.4 is 5.32 Å². The Morgan fingerprint density at radius 2 is 2.10 bits per heavy atom. The number of carbonyl (C=O) groups excluding carboxylic acids is 1. The number of anilines is 2. The van der Waals surface area contributed by atoms with Gasteiger partial charge in [-0.25, -0.2) is 9.78 Å². The maximum absolute atomic E-state index is 11.6. The van der Waals surface area contributed by atoms with E-state index in [-0.39, 0.29) is 5.41 Å². The third-order valence-corrected chi connectivity index (χ3v) is 4.72. The highest BCUT2D eigenvalue weighted by Crippen LogP contribution is 2.31. The molecule has 2 aromatic rings. The lowest BCUT2D eigenvalue weighted by atomic mass is 9.87. The maximum Gasteiger partial charge on any atom is 0.350 e. The Bertz CT molecular complexity index is 662. The number of nitrogens with zero attached hydrogens (tertiary/aromatic N) is 1. The van der Waals surface area contributed by atoms with Gasteiger partial charge < -0.3 is 10.1 Å². The largest absolute Gasteiger partial charge is 0.465 e. The molecule has 0 amide bonds. The highest BCUT2D eigenvalue weighted by atomic mass is 79.9. The maximum atomic E-state index is 11.6. The molecule has 0 radical (unpaired) electrons. The number of halogens is 1. The highest BCUT2D eigenvalue weighted by molar-refractivity contribution is 9.10. The van der Waals surface area contributed by atoms with Crippen molar-refractivity contribution >= 4 is 44.1 Å². The molecule has 0 saturated heterocycles. The topological polar surface area (TPSA) is 51.2 Å². The number of rotatable bonds is 3. The van der Waals surface area contributed by atoms with Crippen molar-refractivity contribution in [2.75, 3.05) is 12.4 Å². The second kappa shape index (κ2) is 6.15. The summed E-state index contributed by atoms with van der Waals surface area (Å²) in [6, 6.07) is 8.17. The van der Waals surface area contributed by atoms with Gasteiger partial charge in [-0.3, -0.25) is 0 Å². The number of ether oxygens (including phenoxy) is 1. The van der Waals surface area contributed by atoms with Crippen molar-refractivity contribution in [1.29, 1.82) is 0 Å². The van der Waals surface area contributed by atoms with Gasteiger partial charge in [0.15, 0.2) is 5.13 Å². The van der Waals surface area contributed by atoms with E-state index < -0.39 is 5.97 Å². The number of carbonyl (C=O) groups is 1. The predicted molar refractivity (Wildman–Crippen MR) is 89.6 cm³/mol. The Morgan fingerprint density at radius 1 is 1.38 bits per heavy atom. The first kappa shape index (κ1) is 16.0. The van der Waals surface area contributed by atoms with Crippen molar-refractivity contribution in [2.24, 2.45) is 0 Å². The monoisotopic (exact) mass is 368 g/mol. The van der Waals surface area contributed by atoms with Gasteiger partial charge in [0, 0.05) is 5.69 Å². The zero-order valence-corrected chi connectivity index (χ0v) is 14.8. The summed E-state index contributed by atoms with van der Waals surface area (Å²) in [5.74, 6) is -0.393. The van der Waals surface area contributed by atoms with Crippen LogP contribution in [0.3, 0.4) is 0 Å². The number of thiazole rings is 1. The summed E-state index contributed by atoms with van der Waals surface area (Å²) < 4.78 is 5.21. The fourth-order valence-corrected chi connectivity index (χ4v) is 3.26. The van der Waals surface area contributed by atoms with Gasteiger partial charge in [0.25, 0.3) is 0 Å². The van der Waals surface area contributed by atoms with Crippen LogP contribution in [-0.4, -0.2) is 18.1 Å². The molecule has 0 unspecified atom stereocenters. The van der Waals surface area contributed by atoms with Crippen LogP contribution in [0.2, 0.25) is 0 Å². The van der Waals surface area contributed by atoms with Crippen LogP contribution >= 0.6 is 27.3 Å². The van der Waals surface area contributed by atoms with Gasteiger partial charge in [0.2, 0.25) is 0 Å². The molecule has 1 aromatic carbocycles. The zero-order valence-electron chi connectivity index (χ0n) is 12.4. The molecular formula is C15H17BrN2O2S. The smallest absolute Gasteiger partial charge is 0.350 e. The van der Waals surface area contributed by atoms with E-state index in [2.05, 4.69) is 59.1 Å². The molecule has 112 valence electrons. The van der Waals surface area contributed by atoms with Crippen molar-refractivity contribution < 1.29 is 9.53 Å². The first-order valence-corrected chi connectivity index (χ1v) is 8.04. The molecular weight excluding hydrogens is 352 g/mol. The van der Waals surface area contributed by atoms with E-state index in [1.807, 2.05) is 12.1 Å². The summed E-state index contributed by atoms with van der Waals surface area (Å²) in [7, 11) is 1.36. The van der Waals surface area contributed by atoms with Gasteiger partial charge in [-0.15, -0.1) is 0 Å². The molecule has 4 nitrogen and oxygen atoms in total. The Balaban J connectivity index is 2.25. The Labute approximate surface area is 136 Å². The first-order valence-electron chi connectivity index (χ1n) is 6.43. The summed E-state index contributed by atoms with van der Waals surface area (Å²) >= 11 is 4.53. The van der Waals surface area contributed by atoms with E-state index in [9.17, 15) is 4.79 Å². The molecule has 0 saturated carbocycles. The van der Waals surface area contributed by atoms with Gasteiger partial charge in [0.05, 0.1) is 7.11 Å². The van der Waals surface area contributed by atoms with Crippen molar-refractivity contribution in [3.8, 4) is 0 Å². The van der Waals surface area contributed by atoms with Gasteiger partial charge in [0.1, 0.15) is 9.48 Å². The molecule has 0 spiro atoms. The molecule has 0 aliphatic heterocycles. The third-order valence-electron chi connectivity index (χ3n) is 2.94. The Morgan fingerprint density at radius 3 is 2.71 bits per heavy atom. The van der Waals surface area contributed by atoms with E-state index in [0.29, 0.717) is 14.6 Å². The van der Waals surface area contributed by atoms with Crippen LogP contribution in [0.4, 0.5) is 10.8 Å². The van der Waals surface area contributed by atoms with Gasteiger partial charge in [-0.05, 0) is 39.0 Å². The molecule has 0 aliphatic rings. The molecule has 1 heterocycles. The molecule has 0 fully saturated rings. The lowest BCUT2D eigenvalue weighted by Crippen LogP contribution is -2.10. The third kappa shape index (κ3) is 3.83. The quantitative estimate of drug-likeness (QED) is 0.795. The van der Waals surface area contributed by atoms with Crippen LogP contribution in [0, 0.1) is 0 Å².